The number of morpholine rings is 1. The number of likely N-dealkylation sites (N-methyl/N-ethyl adjacent to an activating group) is 1. The van der Waals surface area contributed by atoms with Gasteiger partial charge in [-0.05, 0) is 43.3 Å². The first-order valence-electron chi connectivity index (χ1n) is 11.7. The molecule has 1 fully saturated rings. The number of nitrogens with one attached hydrogen (secondary N) is 1. The van der Waals surface area contributed by atoms with Crippen LogP contribution in [0, 0.1) is 0 Å². The van der Waals surface area contributed by atoms with Crippen LogP contribution in [0.2, 0.25) is 0 Å². The van der Waals surface area contributed by atoms with E-state index in [1.807, 2.05) is 60.8 Å². The zero-order valence-electron chi connectivity index (χ0n) is 20.0. The molecule has 2 amide bonds. The fourth-order valence-corrected chi connectivity index (χ4v) is 4.66. The molecular weight excluding hydrogens is 464 g/mol. The Kier molecular flexibility index (Phi) is 8.33. The zero-order chi connectivity index (χ0) is 24.6. The molecule has 0 unspecified atom stereocenters. The van der Waals surface area contributed by atoms with Crippen LogP contribution in [0.5, 0.6) is 5.75 Å². The summed E-state index contributed by atoms with van der Waals surface area (Å²) in [7, 11) is 1.63. The molecule has 1 aliphatic heterocycles. The number of thiazole rings is 1. The Morgan fingerprint density at radius 2 is 1.89 bits per heavy atom. The molecule has 1 saturated heterocycles. The van der Waals surface area contributed by atoms with E-state index in [0.717, 1.165) is 48.3 Å². The maximum Gasteiger partial charge on any atom is 0.243 e. The molecule has 1 aromatic heterocycles. The van der Waals surface area contributed by atoms with Gasteiger partial charge in [0.2, 0.25) is 11.8 Å². The Hall–Kier alpha value is -3.43. The van der Waals surface area contributed by atoms with E-state index in [0.29, 0.717) is 18.0 Å². The molecule has 1 aliphatic rings. The van der Waals surface area contributed by atoms with Crippen LogP contribution < -0.4 is 15.0 Å². The van der Waals surface area contributed by atoms with Crippen LogP contribution in [0.3, 0.4) is 0 Å². The molecule has 1 N–H and O–H groups in total. The van der Waals surface area contributed by atoms with Crippen molar-refractivity contribution >= 4 is 34.5 Å². The van der Waals surface area contributed by atoms with Gasteiger partial charge in [0, 0.05) is 36.9 Å². The molecule has 0 saturated carbocycles. The van der Waals surface area contributed by atoms with Gasteiger partial charge in [0.25, 0.3) is 0 Å². The van der Waals surface area contributed by atoms with Gasteiger partial charge in [-0.1, -0.05) is 12.1 Å². The Morgan fingerprint density at radius 1 is 1.14 bits per heavy atom. The molecular formula is C26H30N4O4S. The number of para-hydroxylation sites is 1. The Labute approximate surface area is 209 Å². The molecule has 9 heteroatoms. The summed E-state index contributed by atoms with van der Waals surface area (Å²) in [5.74, 6) is 0.358. The van der Waals surface area contributed by atoms with Crippen molar-refractivity contribution in [2.45, 2.75) is 13.3 Å². The monoisotopic (exact) mass is 494 g/mol. The van der Waals surface area contributed by atoms with Gasteiger partial charge in [0.05, 0.1) is 44.0 Å². The first-order valence-corrected chi connectivity index (χ1v) is 12.5. The van der Waals surface area contributed by atoms with E-state index < -0.39 is 0 Å². The van der Waals surface area contributed by atoms with Gasteiger partial charge in [-0.2, -0.15) is 0 Å². The number of rotatable bonds is 9. The van der Waals surface area contributed by atoms with Gasteiger partial charge in [-0.3, -0.25) is 9.59 Å². The minimum Gasteiger partial charge on any atom is -0.493 e. The zero-order valence-corrected chi connectivity index (χ0v) is 20.8. The normalized spacial score (nSPS) is 13.4. The lowest BCUT2D eigenvalue weighted by Gasteiger charge is -2.28. The van der Waals surface area contributed by atoms with Gasteiger partial charge in [0.15, 0.2) is 0 Å². The second kappa shape index (κ2) is 11.8. The van der Waals surface area contributed by atoms with Crippen LogP contribution in [-0.4, -0.2) is 68.2 Å². The van der Waals surface area contributed by atoms with Gasteiger partial charge < -0.3 is 24.6 Å². The van der Waals surface area contributed by atoms with Crippen molar-refractivity contribution in [1.82, 2.24) is 9.88 Å². The molecule has 3 aromatic rings. The highest BCUT2D eigenvalue weighted by atomic mass is 32.1. The van der Waals surface area contributed by atoms with Crippen molar-refractivity contribution < 1.29 is 19.1 Å². The van der Waals surface area contributed by atoms with E-state index in [2.05, 4.69) is 15.2 Å². The third-order valence-electron chi connectivity index (χ3n) is 5.64. The number of hydrogen-bond acceptors (Lipinski definition) is 7. The minimum atomic E-state index is -0.246. The number of aromatic nitrogens is 1. The second-order valence-corrected chi connectivity index (χ2v) is 9.05. The smallest absolute Gasteiger partial charge is 0.243 e. The number of nitrogens with zero attached hydrogens (tertiary/aromatic N) is 3. The molecule has 8 nitrogen and oxygen atoms in total. The molecule has 0 aliphatic carbocycles. The maximum atomic E-state index is 12.7. The number of carbonyl (C=O) groups excluding carboxylic acids is 2. The number of hydrogen-bond donors (Lipinski definition) is 1. The topological polar surface area (TPSA) is 84.0 Å². The number of carbonyl (C=O) groups is 2. The molecule has 184 valence electrons. The largest absolute Gasteiger partial charge is 0.493 e. The van der Waals surface area contributed by atoms with E-state index in [4.69, 9.17) is 9.47 Å². The van der Waals surface area contributed by atoms with Gasteiger partial charge in [-0.15, -0.1) is 11.3 Å². The van der Waals surface area contributed by atoms with Gasteiger partial charge in [0.1, 0.15) is 10.8 Å². The van der Waals surface area contributed by atoms with Crippen LogP contribution in [0.4, 0.5) is 11.4 Å². The van der Waals surface area contributed by atoms with Gasteiger partial charge in [-0.25, -0.2) is 4.98 Å². The average molecular weight is 495 g/mol. The number of anilines is 2. The molecule has 2 aromatic carbocycles. The summed E-state index contributed by atoms with van der Waals surface area (Å²) in [6.45, 7) is 5.64. The van der Waals surface area contributed by atoms with Crippen LogP contribution in [0.1, 0.15) is 12.6 Å². The van der Waals surface area contributed by atoms with E-state index >= 15 is 0 Å². The third kappa shape index (κ3) is 6.58. The highest BCUT2D eigenvalue weighted by molar-refractivity contribution is 7.13. The lowest BCUT2D eigenvalue weighted by molar-refractivity contribution is -0.132. The van der Waals surface area contributed by atoms with E-state index in [9.17, 15) is 9.59 Å². The highest BCUT2D eigenvalue weighted by Gasteiger charge is 2.17. The summed E-state index contributed by atoms with van der Waals surface area (Å²) in [5, 5.41) is 5.54. The van der Waals surface area contributed by atoms with Crippen LogP contribution in [-0.2, 0) is 20.7 Å². The standard InChI is InChI=1S/C26H30N4O4S/c1-3-34-23-7-5-4-6-22(23)26-28-20(18-35-26)16-25(32)29(2)17-24(31)27-19-8-10-21(11-9-19)30-12-14-33-15-13-30/h4-11,18H,3,12-17H2,1-2H3,(H,27,31). The quantitative estimate of drug-likeness (QED) is 0.489. The maximum absolute atomic E-state index is 12.7. The van der Waals surface area contributed by atoms with Crippen molar-refractivity contribution in [2.24, 2.45) is 0 Å². The summed E-state index contributed by atoms with van der Waals surface area (Å²) < 4.78 is 11.1. The van der Waals surface area contributed by atoms with Crippen LogP contribution in [0.15, 0.2) is 53.9 Å². The summed E-state index contributed by atoms with van der Waals surface area (Å²) in [5.41, 5.74) is 3.38. The Balaban J connectivity index is 1.29. The molecule has 2 heterocycles. The van der Waals surface area contributed by atoms with Crippen molar-refractivity contribution in [2.75, 3.05) is 56.7 Å². The predicted molar refractivity (Wildman–Crippen MR) is 138 cm³/mol. The van der Waals surface area contributed by atoms with E-state index in [1.165, 1.54) is 16.2 Å². The summed E-state index contributed by atoms with van der Waals surface area (Å²) >= 11 is 1.47. The summed E-state index contributed by atoms with van der Waals surface area (Å²) in [4.78, 5) is 33.5. The number of ether oxygens (including phenoxy) is 2. The van der Waals surface area contributed by atoms with Crippen molar-refractivity contribution in [3.05, 3.63) is 59.6 Å². The number of amides is 2. The van der Waals surface area contributed by atoms with E-state index in [1.54, 1.807) is 7.05 Å². The van der Waals surface area contributed by atoms with Gasteiger partial charge >= 0.3 is 0 Å². The first-order chi connectivity index (χ1) is 17.0. The first kappa shape index (κ1) is 24.7. The summed E-state index contributed by atoms with van der Waals surface area (Å²) in [6.07, 6.45) is 0.130. The highest BCUT2D eigenvalue weighted by Crippen LogP contribution is 2.32. The molecule has 0 radical (unpaired) electrons. The lowest BCUT2D eigenvalue weighted by Crippen LogP contribution is -2.36. The molecule has 4 rings (SSSR count). The van der Waals surface area contributed by atoms with Crippen molar-refractivity contribution in [1.29, 1.82) is 0 Å². The average Bonchev–Trinajstić information content (AvgIpc) is 3.33. The molecule has 0 atom stereocenters. The molecule has 35 heavy (non-hydrogen) atoms. The molecule has 0 bridgehead atoms. The number of benzene rings is 2. The fourth-order valence-electron chi connectivity index (χ4n) is 3.81. The van der Waals surface area contributed by atoms with E-state index in [-0.39, 0.29) is 24.8 Å². The van der Waals surface area contributed by atoms with Crippen LogP contribution >= 0.6 is 11.3 Å². The van der Waals surface area contributed by atoms with Crippen LogP contribution in [0.25, 0.3) is 10.6 Å². The van der Waals surface area contributed by atoms with Crippen molar-refractivity contribution in [3.63, 3.8) is 0 Å². The fraction of sp³-hybridized carbons (Fsp3) is 0.346. The molecule has 0 spiro atoms. The lowest BCUT2D eigenvalue weighted by atomic mass is 10.2. The second-order valence-electron chi connectivity index (χ2n) is 8.19. The third-order valence-corrected chi connectivity index (χ3v) is 6.56. The predicted octanol–water partition coefficient (Wildman–Crippen LogP) is 3.69. The summed E-state index contributed by atoms with van der Waals surface area (Å²) in [6, 6.07) is 15.5. The SMILES string of the molecule is CCOc1ccccc1-c1nc(CC(=O)N(C)CC(=O)Nc2ccc(N3CCOCC3)cc2)cs1. The van der Waals surface area contributed by atoms with Crippen molar-refractivity contribution in [3.8, 4) is 16.3 Å². The Morgan fingerprint density at radius 3 is 2.63 bits per heavy atom. The minimum absolute atomic E-state index is 0.0335. The Bertz CT molecular complexity index is 1140.